The minimum atomic E-state index is -4.67. The number of aryl methyl sites for hydroxylation is 1. The first-order valence-corrected chi connectivity index (χ1v) is 13.8. The lowest BCUT2D eigenvalue weighted by Crippen LogP contribution is -2.31. The lowest BCUT2D eigenvalue weighted by molar-refractivity contribution is -0.153. The normalized spacial score (nSPS) is 12.0. The summed E-state index contributed by atoms with van der Waals surface area (Å²) in [6.07, 6.45) is -4.67. The zero-order chi connectivity index (χ0) is 31.8. The summed E-state index contributed by atoms with van der Waals surface area (Å²) in [5, 5.41) is 11.2. The van der Waals surface area contributed by atoms with Gasteiger partial charge in [-0.1, -0.05) is 60.7 Å². The number of carbonyl (C=O) groups excluding carboxylic acids is 1. The lowest BCUT2D eigenvalue weighted by atomic mass is 9.84. The second kappa shape index (κ2) is 11.5. The molecule has 0 fully saturated rings. The van der Waals surface area contributed by atoms with Gasteiger partial charge in [0.05, 0.1) is 29.8 Å². The molecule has 44 heavy (non-hydrogen) atoms. The molecular weight excluding hydrogens is 571 g/mol. The summed E-state index contributed by atoms with van der Waals surface area (Å²) in [5.74, 6) is -2.45. The summed E-state index contributed by atoms with van der Waals surface area (Å²) in [5.41, 5.74) is 8.60. The molecule has 0 spiro atoms. The van der Waals surface area contributed by atoms with Gasteiger partial charge in [0.2, 0.25) is 5.76 Å². The number of pyridine rings is 1. The van der Waals surface area contributed by atoms with Gasteiger partial charge in [-0.2, -0.15) is 13.2 Å². The average molecular weight is 602 g/mol. The third-order valence-corrected chi connectivity index (χ3v) is 7.71. The molecule has 10 heteroatoms. The fourth-order valence-corrected chi connectivity index (χ4v) is 5.02. The Labute approximate surface area is 251 Å². The van der Waals surface area contributed by atoms with Crippen molar-refractivity contribution in [1.29, 1.82) is 0 Å². The summed E-state index contributed by atoms with van der Waals surface area (Å²) >= 11 is 0. The maximum Gasteiger partial charge on any atom is 0.449 e. The molecule has 5 aromatic rings. The van der Waals surface area contributed by atoms with Crippen LogP contribution in [0.5, 0.6) is 0 Å². The summed E-state index contributed by atoms with van der Waals surface area (Å²) in [7, 11) is 0. The molecule has 3 aromatic carbocycles. The van der Waals surface area contributed by atoms with Crippen LogP contribution in [0, 0.1) is 6.92 Å². The van der Waals surface area contributed by atoms with Gasteiger partial charge in [-0.3, -0.25) is 9.59 Å². The third kappa shape index (κ3) is 6.01. The van der Waals surface area contributed by atoms with Crippen LogP contribution in [0.2, 0.25) is 0 Å². The molecule has 1 amide bonds. The van der Waals surface area contributed by atoms with Crippen molar-refractivity contribution in [2.24, 2.45) is 0 Å². The molecule has 5 rings (SSSR count). The van der Waals surface area contributed by atoms with Crippen molar-refractivity contribution in [3.63, 3.8) is 0 Å². The lowest BCUT2D eigenvalue weighted by Gasteiger charge is -2.24. The SMILES string of the molecule is Cc1ccc2ccccc2c1C(=O)N(Cc1ccc(C(F)(F)F)o1)Cc1ccc(-c2cccc(C(C)(C)C(=O)O)c2)nc1N. The second-order valence-electron chi connectivity index (χ2n) is 11.2. The van der Waals surface area contributed by atoms with Gasteiger partial charge in [0, 0.05) is 11.1 Å². The van der Waals surface area contributed by atoms with E-state index in [0.717, 1.165) is 11.5 Å². The number of carbonyl (C=O) groups is 2. The van der Waals surface area contributed by atoms with Gasteiger partial charge in [-0.15, -0.1) is 0 Å². The number of nitrogen functional groups attached to an aromatic ring is 1. The molecule has 2 heterocycles. The Morgan fingerprint density at radius 2 is 1.68 bits per heavy atom. The number of nitrogens with two attached hydrogens (primary N) is 1. The van der Waals surface area contributed by atoms with E-state index in [1.54, 1.807) is 57.2 Å². The number of anilines is 1. The highest BCUT2D eigenvalue weighted by Crippen LogP contribution is 2.33. The molecule has 2 aromatic heterocycles. The second-order valence-corrected chi connectivity index (χ2v) is 11.2. The van der Waals surface area contributed by atoms with E-state index < -0.39 is 29.2 Å². The number of carboxylic acid groups (broad SMARTS) is 1. The zero-order valence-electron chi connectivity index (χ0n) is 24.3. The molecule has 226 valence electrons. The number of fused-ring (bicyclic) bond motifs is 1. The predicted octanol–water partition coefficient (Wildman–Crippen LogP) is 7.61. The minimum absolute atomic E-state index is 0.0374. The molecule has 0 aliphatic heterocycles. The van der Waals surface area contributed by atoms with E-state index in [-0.39, 0.29) is 24.7 Å². The topological polar surface area (TPSA) is 110 Å². The maximum absolute atomic E-state index is 14.1. The van der Waals surface area contributed by atoms with Gasteiger partial charge in [-0.05, 0) is 66.9 Å². The van der Waals surface area contributed by atoms with E-state index in [1.807, 2.05) is 36.4 Å². The Hall–Kier alpha value is -5.12. The maximum atomic E-state index is 14.1. The van der Waals surface area contributed by atoms with Gasteiger partial charge in [-0.25, -0.2) is 4.98 Å². The Kier molecular flexibility index (Phi) is 7.94. The third-order valence-electron chi connectivity index (χ3n) is 7.71. The first kappa shape index (κ1) is 30.3. The van der Waals surface area contributed by atoms with Crippen molar-refractivity contribution in [3.8, 4) is 11.3 Å². The number of benzene rings is 3. The Morgan fingerprint density at radius 1 is 0.932 bits per heavy atom. The molecule has 0 saturated heterocycles. The van der Waals surface area contributed by atoms with Crippen LogP contribution >= 0.6 is 0 Å². The number of alkyl halides is 3. The Balaban J connectivity index is 1.51. The minimum Gasteiger partial charge on any atom is -0.481 e. The van der Waals surface area contributed by atoms with Gasteiger partial charge in [0.1, 0.15) is 11.6 Å². The molecule has 0 atom stereocenters. The number of furan rings is 1. The van der Waals surface area contributed by atoms with Crippen molar-refractivity contribution < 1.29 is 32.3 Å². The number of aliphatic carboxylic acids is 1. The molecule has 0 aliphatic carbocycles. The molecule has 3 N–H and O–H groups in total. The number of nitrogens with zero attached hydrogens (tertiary/aromatic N) is 2. The number of rotatable bonds is 8. The van der Waals surface area contributed by atoms with Crippen molar-refractivity contribution in [3.05, 3.63) is 119 Å². The number of halogens is 3. The first-order chi connectivity index (χ1) is 20.8. The van der Waals surface area contributed by atoms with Crippen molar-refractivity contribution >= 4 is 28.5 Å². The van der Waals surface area contributed by atoms with Gasteiger partial charge in [0.15, 0.2) is 0 Å². The van der Waals surface area contributed by atoms with Gasteiger partial charge >= 0.3 is 12.1 Å². The van der Waals surface area contributed by atoms with E-state index in [2.05, 4.69) is 4.98 Å². The largest absolute Gasteiger partial charge is 0.481 e. The van der Waals surface area contributed by atoms with Crippen LogP contribution in [0.3, 0.4) is 0 Å². The van der Waals surface area contributed by atoms with Crippen molar-refractivity contribution in [2.45, 2.75) is 45.5 Å². The number of aromatic nitrogens is 1. The first-order valence-electron chi connectivity index (χ1n) is 13.8. The molecular formula is C34H30F3N3O4. The monoisotopic (exact) mass is 601 g/mol. The smallest absolute Gasteiger partial charge is 0.449 e. The van der Waals surface area contributed by atoms with Crippen LogP contribution in [0.4, 0.5) is 19.0 Å². The zero-order valence-corrected chi connectivity index (χ0v) is 24.3. The van der Waals surface area contributed by atoms with Crippen LogP contribution in [0.1, 0.15) is 52.4 Å². The standard InChI is InChI=1S/C34H30F3N3O4/c1-20-11-12-21-7-4-5-10-26(21)29(20)31(41)40(19-25-14-16-28(44-25)34(35,36)37)18-23-13-15-27(39-30(23)38)22-8-6-9-24(17-22)33(2,3)32(42)43/h4-17H,18-19H2,1-3H3,(H2,38,39)(H,42,43). The number of hydrogen-bond acceptors (Lipinski definition) is 5. The molecule has 0 unspecified atom stereocenters. The van der Waals surface area contributed by atoms with E-state index in [1.165, 1.54) is 11.0 Å². The van der Waals surface area contributed by atoms with Crippen molar-refractivity contribution in [2.75, 3.05) is 5.73 Å². The highest BCUT2D eigenvalue weighted by molar-refractivity contribution is 6.08. The number of amides is 1. The Morgan fingerprint density at radius 3 is 2.36 bits per heavy atom. The van der Waals surface area contributed by atoms with Crippen LogP contribution in [0.25, 0.3) is 22.0 Å². The summed E-state index contributed by atoms with van der Waals surface area (Å²) in [4.78, 5) is 31.8. The highest BCUT2D eigenvalue weighted by atomic mass is 19.4. The molecule has 7 nitrogen and oxygen atoms in total. The van der Waals surface area contributed by atoms with Gasteiger partial charge < -0.3 is 20.2 Å². The van der Waals surface area contributed by atoms with Crippen molar-refractivity contribution in [1.82, 2.24) is 9.88 Å². The van der Waals surface area contributed by atoms with Crippen LogP contribution < -0.4 is 5.73 Å². The molecule has 0 aliphatic rings. The van der Waals surface area contributed by atoms with Crippen LogP contribution in [-0.4, -0.2) is 26.9 Å². The summed E-state index contributed by atoms with van der Waals surface area (Å²) < 4.78 is 44.9. The number of carboxylic acids is 1. The average Bonchev–Trinajstić information content (AvgIpc) is 3.47. The van der Waals surface area contributed by atoms with Crippen LogP contribution in [-0.2, 0) is 29.5 Å². The highest BCUT2D eigenvalue weighted by Gasteiger charge is 2.35. The van der Waals surface area contributed by atoms with Crippen LogP contribution in [0.15, 0.2) is 89.3 Å². The van der Waals surface area contributed by atoms with E-state index >= 15 is 0 Å². The quantitative estimate of drug-likeness (QED) is 0.189. The van der Waals surface area contributed by atoms with E-state index in [9.17, 15) is 27.9 Å². The predicted molar refractivity (Wildman–Crippen MR) is 161 cm³/mol. The fraction of sp³-hybridized carbons (Fsp3) is 0.206. The molecule has 0 saturated carbocycles. The van der Waals surface area contributed by atoms with Gasteiger partial charge in [0.25, 0.3) is 5.91 Å². The molecule has 0 bridgehead atoms. The Bertz CT molecular complexity index is 1880. The summed E-state index contributed by atoms with van der Waals surface area (Å²) in [6.45, 7) is 4.72. The molecule has 0 radical (unpaired) electrons. The summed E-state index contributed by atoms with van der Waals surface area (Å²) in [6, 6.07) is 23.6. The number of hydrogen-bond donors (Lipinski definition) is 2. The fourth-order valence-electron chi connectivity index (χ4n) is 5.02. The van der Waals surface area contributed by atoms with E-state index in [0.29, 0.717) is 38.9 Å². The van der Waals surface area contributed by atoms with E-state index in [4.69, 9.17) is 10.2 Å².